The number of nitrogens with zero attached hydrogens (tertiary/aromatic N) is 1. The Morgan fingerprint density at radius 3 is 2.62 bits per heavy atom. The maximum absolute atomic E-state index is 12.1. The topological polar surface area (TPSA) is 59.1 Å². The Morgan fingerprint density at radius 2 is 2.00 bits per heavy atom. The van der Waals surface area contributed by atoms with E-state index in [1.54, 1.807) is 6.20 Å². The highest BCUT2D eigenvalue weighted by Gasteiger charge is 2.32. The zero-order valence-corrected chi connectivity index (χ0v) is 13.8. The van der Waals surface area contributed by atoms with Crippen LogP contribution in [0.15, 0.2) is 24.4 Å². The van der Waals surface area contributed by atoms with Gasteiger partial charge in [0.2, 0.25) is 10.0 Å². The second kappa shape index (κ2) is 7.56. The van der Waals surface area contributed by atoms with Crippen LogP contribution in [0.25, 0.3) is 0 Å². The molecule has 0 bridgehead atoms. The van der Waals surface area contributed by atoms with E-state index in [0.717, 1.165) is 31.4 Å². The van der Waals surface area contributed by atoms with E-state index in [2.05, 4.69) is 9.71 Å². The maximum atomic E-state index is 12.1. The molecule has 0 atom stereocenters. The van der Waals surface area contributed by atoms with Crippen molar-refractivity contribution in [1.29, 1.82) is 0 Å². The fraction of sp³-hybridized carbons (Fsp3) is 0.667. The van der Waals surface area contributed by atoms with E-state index in [9.17, 15) is 8.42 Å². The molecule has 0 unspecified atom stereocenters. The first-order valence-electron chi connectivity index (χ1n) is 7.49. The molecule has 0 aliphatic heterocycles. The second-order valence-electron chi connectivity index (χ2n) is 5.91. The highest BCUT2D eigenvalue weighted by molar-refractivity contribution is 7.89. The van der Waals surface area contributed by atoms with E-state index < -0.39 is 10.0 Å². The second-order valence-corrected chi connectivity index (χ2v) is 8.10. The van der Waals surface area contributed by atoms with Gasteiger partial charge in [0.15, 0.2) is 0 Å². The summed E-state index contributed by atoms with van der Waals surface area (Å²) in [4.78, 5) is 4.15. The predicted molar refractivity (Wildman–Crippen MR) is 86.0 cm³/mol. The summed E-state index contributed by atoms with van der Waals surface area (Å²) in [6.07, 6.45) is 7.65. The SMILES string of the molecule is O=S(=O)(CCc1ccccn1)NCC1(CCl)CCCCC1. The number of halogens is 1. The zero-order valence-electron chi connectivity index (χ0n) is 12.2. The van der Waals surface area contributed by atoms with Gasteiger partial charge < -0.3 is 0 Å². The number of alkyl halides is 1. The smallest absolute Gasteiger partial charge is 0.211 e. The van der Waals surface area contributed by atoms with Gasteiger partial charge in [0.05, 0.1) is 5.75 Å². The zero-order chi connectivity index (χ0) is 15.2. The molecular formula is C15H23ClN2O2S. The van der Waals surface area contributed by atoms with Crippen LogP contribution in [0.4, 0.5) is 0 Å². The van der Waals surface area contributed by atoms with Crippen molar-refractivity contribution in [2.45, 2.75) is 38.5 Å². The van der Waals surface area contributed by atoms with E-state index >= 15 is 0 Å². The molecule has 0 amide bonds. The molecule has 1 aromatic rings. The summed E-state index contributed by atoms with van der Waals surface area (Å²) in [6.45, 7) is 0.459. The normalized spacial score (nSPS) is 18.5. The minimum absolute atomic E-state index is 0.0577. The Morgan fingerprint density at radius 1 is 1.24 bits per heavy atom. The van der Waals surface area contributed by atoms with Gasteiger partial charge in [0.25, 0.3) is 0 Å². The van der Waals surface area contributed by atoms with Crippen LogP contribution in [0.1, 0.15) is 37.8 Å². The fourth-order valence-corrected chi connectivity index (χ4v) is 4.29. The number of hydrogen-bond donors (Lipinski definition) is 1. The van der Waals surface area contributed by atoms with Crippen LogP contribution in [0, 0.1) is 5.41 Å². The van der Waals surface area contributed by atoms with Crippen molar-refractivity contribution in [3.05, 3.63) is 30.1 Å². The number of rotatable bonds is 7. The number of aryl methyl sites for hydroxylation is 1. The molecule has 2 rings (SSSR count). The lowest BCUT2D eigenvalue weighted by molar-refractivity contribution is 0.223. The number of pyridine rings is 1. The summed E-state index contributed by atoms with van der Waals surface area (Å²) in [5, 5.41) is 0. The summed E-state index contributed by atoms with van der Waals surface area (Å²) in [5.41, 5.74) is 0.741. The molecule has 6 heteroatoms. The molecular weight excluding hydrogens is 308 g/mol. The van der Waals surface area contributed by atoms with Crippen molar-refractivity contribution in [2.75, 3.05) is 18.2 Å². The minimum atomic E-state index is -3.28. The van der Waals surface area contributed by atoms with Crippen molar-refractivity contribution in [2.24, 2.45) is 5.41 Å². The molecule has 1 aromatic heterocycles. The molecule has 1 N–H and O–H groups in total. The monoisotopic (exact) mass is 330 g/mol. The van der Waals surface area contributed by atoms with Crippen LogP contribution < -0.4 is 4.72 Å². The molecule has 0 radical (unpaired) electrons. The molecule has 0 aromatic carbocycles. The molecule has 1 aliphatic carbocycles. The van der Waals surface area contributed by atoms with Gasteiger partial charge in [-0.25, -0.2) is 13.1 Å². The van der Waals surface area contributed by atoms with Gasteiger partial charge >= 0.3 is 0 Å². The maximum Gasteiger partial charge on any atom is 0.211 e. The van der Waals surface area contributed by atoms with E-state index in [1.807, 2.05) is 18.2 Å². The molecule has 1 saturated carbocycles. The van der Waals surface area contributed by atoms with E-state index in [0.29, 0.717) is 18.8 Å². The van der Waals surface area contributed by atoms with E-state index in [1.165, 1.54) is 6.42 Å². The van der Waals surface area contributed by atoms with Crippen molar-refractivity contribution in [1.82, 2.24) is 9.71 Å². The average molecular weight is 331 g/mol. The number of sulfonamides is 1. The Kier molecular flexibility index (Phi) is 6.02. The fourth-order valence-electron chi connectivity index (χ4n) is 2.78. The summed E-state index contributed by atoms with van der Waals surface area (Å²) in [5.74, 6) is 0.595. The largest absolute Gasteiger partial charge is 0.261 e. The molecule has 0 spiro atoms. The Hall–Kier alpha value is -0.650. The molecule has 0 saturated heterocycles. The molecule has 21 heavy (non-hydrogen) atoms. The number of nitrogens with one attached hydrogen (secondary N) is 1. The lowest BCUT2D eigenvalue weighted by Gasteiger charge is -2.35. The van der Waals surface area contributed by atoms with Crippen LogP contribution in [-0.2, 0) is 16.4 Å². The summed E-state index contributed by atoms with van der Waals surface area (Å²) in [7, 11) is -3.28. The number of aromatic nitrogens is 1. The first-order valence-corrected chi connectivity index (χ1v) is 9.67. The average Bonchev–Trinajstić information content (AvgIpc) is 2.53. The lowest BCUT2D eigenvalue weighted by atomic mass is 9.76. The molecule has 4 nitrogen and oxygen atoms in total. The van der Waals surface area contributed by atoms with Crippen molar-refractivity contribution in [3.63, 3.8) is 0 Å². The minimum Gasteiger partial charge on any atom is -0.261 e. The Labute approximate surface area is 132 Å². The van der Waals surface area contributed by atoms with Crippen molar-refractivity contribution in [3.8, 4) is 0 Å². The lowest BCUT2D eigenvalue weighted by Crippen LogP contribution is -2.41. The van der Waals surface area contributed by atoms with Crippen molar-refractivity contribution >= 4 is 21.6 Å². The van der Waals surface area contributed by atoms with Gasteiger partial charge in [-0.15, -0.1) is 11.6 Å². The van der Waals surface area contributed by atoms with Gasteiger partial charge in [-0.05, 0) is 30.4 Å². The van der Waals surface area contributed by atoms with Gasteiger partial charge in [0, 0.05) is 30.7 Å². The van der Waals surface area contributed by atoms with Gasteiger partial charge in [-0.3, -0.25) is 4.98 Å². The van der Waals surface area contributed by atoms with Crippen molar-refractivity contribution < 1.29 is 8.42 Å². The predicted octanol–water partition coefficient (Wildman–Crippen LogP) is 2.73. The first kappa shape index (κ1) is 16.7. The summed E-state index contributed by atoms with van der Waals surface area (Å²) in [6, 6.07) is 5.54. The van der Waals surface area contributed by atoms with Gasteiger partial charge in [0.1, 0.15) is 0 Å². The van der Waals surface area contributed by atoms with Crippen LogP contribution in [-0.4, -0.2) is 31.6 Å². The molecule has 1 heterocycles. The van der Waals surface area contributed by atoms with Crippen LogP contribution in [0.5, 0.6) is 0 Å². The highest BCUT2D eigenvalue weighted by Crippen LogP contribution is 2.36. The van der Waals surface area contributed by atoms with Crippen LogP contribution >= 0.6 is 11.6 Å². The van der Waals surface area contributed by atoms with Gasteiger partial charge in [-0.1, -0.05) is 25.3 Å². The van der Waals surface area contributed by atoms with Gasteiger partial charge in [-0.2, -0.15) is 0 Å². The highest BCUT2D eigenvalue weighted by atomic mass is 35.5. The van der Waals surface area contributed by atoms with E-state index in [4.69, 9.17) is 11.6 Å². The van der Waals surface area contributed by atoms with E-state index in [-0.39, 0.29) is 11.2 Å². The first-order chi connectivity index (χ1) is 10.1. The molecule has 1 aliphatic rings. The third-order valence-corrected chi connectivity index (χ3v) is 6.11. The molecule has 118 valence electrons. The summed E-state index contributed by atoms with van der Waals surface area (Å²) >= 11 is 6.09. The Bertz CT molecular complexity index is 528. The van der Waals surface area contributed by atoms with Crippen LogP contribution in [0.3, 0.4) is 0 Å². The number of hydrogen-bond acceptors (Lipinski definition) is 3. The quantitative estimate of drug-likeness (QED) is 0.782. The third kappa shape index (κ3) is 5.24. The summed E-state index contributed by atoms with van der Waals surface area (Å²) < 4.78 is 27.0. The Balaban J connectivity index is 1.85. The molecule has 1 fully saturated rings. The third-order valence-electron chi connectivity index (χ3n) is 4.22. The van der Waals surface area contributed by atoms with Crippen LogP contribution in [0.2, 0.25) is 0 Å². The standard InChI is InChI=1S/C15H23ClN2O2S/c16-12-15(8-3-1-4-9-15)13-18-21(19,20)11-7-14-6-2-5-10-17-14/h2,5-6,10,18H,1,3-4,7-9,11-13H2.